The summed E-state index contributed by atoms with van der Waals surface area (Å²) in [6, 6.07) is 8.38. The van der Waals surface area contributed by atoms with Gasteiger partial charge in [0.25, 0.3) is 0 Å². The second-order valence-electron chi connectivity index (χ2n) is 5.32. The van der Waals surface area contributed by atoms with E-state index in [0.29, 0.717) is 5.92 Å². The number of para-hydroxylation sites is 1. The van der Waals surface area contributed by atoms with Crippen LogP contribution in [0.5, 0.6) is 5.75 Å². The minimum atomic E-state index is 0.0749. The quantitative estimate of drug-likeness (QED) is 0.826. The number of nitrogens with two attached hydrogens (primary N) is 1. The lowest BCUT2D eigenvalue weighted by molar-refractivity contribution is 0.289. The van der Waals surface area contributed by atoms with Crippen molar-refractivity contribution in [2.75, 3.05) is 6.61 Å². The van der Waals surface area contributed by atoms with Crippen LogP contribution in [0.1, 0.15) is 43.6 Å². The number of hydrogen-bond donors (Lipinski definition) is 1. The third kappa shape index (κ3) is 1.71. The molecule has 2 aliphatic rings. The summed E-state index contributed by atoms with van der Waals surface area (Å²) in [5.74, 6) is 1.58. The van der Waals surface area contributed by atoms with Gasteiger partial charge in [-0.1, -0.05) is 31.0 Å². The fraction of sp³-hybridized carbons (Fsp3) is 0.571. The van der Waals surface area contributed by atoms with E-state index in [1.165, 1.54) is 31.2 Å². The first-order valence-corrected chi connectivity index (χ1v) is 6.27. The smallest absolute Gasteiger partial charge is 0.122 e. The Morgan fingerprint density at radius 3 is 2.81 bits per heavy atom. The summed E-state index contributed by atoms with van der Waals surface area (Å²) in [7, 11) is 0. The highest BCUT2D eigenvalue weighted by Gasteiger charge is 2.35. The van der Waals surface area contributed by atoms with Gasteiger partial charge >= 0.3 is 0 Å². The first-order valence-electron chi connectivity index (χ1n) is 6.27. The van der Waals surface area contributed by atoms with Gasteiger partial charge in [0.05, 0.1) is 6.61 Å². The molecule has 1 heterocycles. The summed E-state index contributed by atoms with van der Waals surface area (Å²) < 4.78 is 5.71. The van der Waals surface area contributed by atoms with Crippen LogP contribution in [0.4, 0.5) is 0 Å². The molecule has 2 nitrogen and oxygen atoms in total. The van der Waals surface area contributed by atoms with Crippen LogP contribution >= 0.6 is 0 Å². The lowest BCUT2D eigenvalue weighted by atomic mass is 9.84. The fourth-order valence-electron chi connectivity index (χ4n) is 3.17. The molecule has 1 aliphatic carbocycles. The van der Waals surface area contributed by atoms with Crippen LogP contribution in [-0.4, -0.2) is 12.1 Å². The molecule has 1 aromatic rings. The SMILES string of the molecule is NC1(CC2COc3ccccc32)CCCC1. The van der Waals surface area contributed by atoms with E-state index < -0.39 is 0 Å². The second kappa shape index (κ2) is 3.77. The van der Waals surface area contributed by atoms with Gasteiger partial charge in [-0.3, -0.25) is 0 Å². The van der Waals surface area contributed by atoms with Gasteiger partial charge in [-0.05, 0) is 25.3 Å². The number of fused-ring (bicyclic) bond motifs is 1. The number of ether oxygens (including phenoxy) is 1. The predicted molar refractivity (Wildman–Crippen MR) is 64.7 cm³/mol. The molecule has 0 aromatic heterocycles. The van der Waals surface area contributed by atoms with E-state index in [2.05, 4.69) is 18.2 Å². The van der Waals surface area contributed by atoms with Gasteiger partial charge in [-0.2, -0.15) is 0 Å². The molecular weight excluding hydrogens is 198 g/mol. The van der Waals surface area contributed by atoms with Crippen LogP contribution in [0.25, 0.3) is 0 Å². The van der Waals surface area contributed by atoms with Gasteiger partial charge in [-0.15, -0.1) is 0 Å². The molecule has 1 atom stereocenters. The molecular formula is C14H19NO. The normalized spacial score (nSPS) is 26.4. The molecule has 0 spiro atoms. The maximum atomic E-state index is 6.44. The van der Waals surface area contributed by atoms with Gasteiger partial charge in [0.15, 0.2) is 0 Å². The Bertz CT molecular complexity index is 382. The second-order valence-corrected chi connectivity index (χ2v) is 5.32. The van der Waals surface area contributed by atoms with Crippen molar-refractivity contribution in [1.82, 2.24) is 0 Å². The van der Waals surface area contributed by atoms with Crippen molar-refractivity contribution in [3.05, 3.63) is 29.8 Å². The molecule has 0 amide bonds. The van der Waals surface area contributed by atoms with Gasteiger partial charge < -0.3 is 10.5 Å². The monoisotopic (exact) mass is 217 g/mol. The third-order valence-electron chi connectivity index (χ3n) is 4.05. The molecule has 1 aromatic carbocycles. The van der Waals surface area contributed by atoms with E-state index in [-0.39, 0.29) is 5.54 Å². The highest BCUT2D eigenvalue weighted by atomic mass is 16.5. The molecule has 1 aliphatic heterocycles. The number of rotatable bonds is 2. The molecule has 0 saturated heterocycles. The van der Waals surface area contributed by atoms with Crippen LogP contribution in [0.3, 0.4) is 0 Å². The molecule has 86 valence electrons. The third-order valence-corrected chi connectivity index (χ3v) is 4.05. The zero-order valence-electron chi connectivity index (χ0n) is 9.61. The molecule has 0 bridgehead atoms. The largest absolute Gasteiger partial charge is 0.493 e. The summed E-state index contributed by atoms with van der Waals surface area (Å²) in [5.41, 5.74) is 7.88. The van der Waals surface area contributed by atoms with Gasteiger partial charge in [0.2, 0.25) is 0 Å². The van der Waals surface area contributed by atoms with Crippen LogP contribution < -0.4 is 10.5 Å². The van der Waals surface area contributed by atoms with Crippen LogP contribution in [0, 0.1) is 0 Å². The minimum Gasteiger partial charge on any atom is -0.493 e. The van der Waals surface area contributed by atoms with Crippen LogP contribution in [0.15, 0.2) is 24.3 Å². The fourth-order valence-corrected chi connectivity index (χ4v) is 3.17. The number of benzene rings is 1. The maximum absolute atomic E-state index is 6.44. The summed E-state index contributed by atoms with van der Waals surface area (Å²) in [6.07, 6.45) is 6.05. The van der Waals surface area contributed by atoms with Gasteiger partial charge in [0, 0.05) is 17.0 Å². The summed E-state index contributed by atoms with van der Waals surface area (Å²) >= 11 is 0. The zero-order valence-corrected chi connectivity index (χ0v) is 9.61. The molecule has 3 rings (SSSR count). The molecule has 2 heteroatoms. The topological polar surface area (TPSA) is 35.2 Å². The van der Waals surface area contributed by atoms with Gasteiger partial charge in [0.1, 0.15) is 5.75 Å². The van der Waals surface area contributed by atoms with Crippen molar-refractivity contribution in [1.29, 1.82) is 0 Å². The molecule has 1 saturated carbocycles. The molecule has 1 fully saturated rings. The first kappa shape index (κ1) is 10.2. The summed E-state index contributed by atoms with van der Waals surface area (Å²) in [5, 5.41) is 0. The van der Waals surface area contributed by atoms with E-state index in [1.807, 2.05) is 6.07 Å². The average molecular weight is 217 g/mol. The Balaban J connectivity index is 1.78. The van der Waals surface area contributed by atoms with E-state index in [9.17, 15) is 0 Å². The van der Waals surface area contributed by atoms with Crippen molar-refractivity contribution in [2.24, 2.45) is 5.73 Å². The first-order chi connectivity index (χ1) is 7.77. The molecule has 0 radical (unpaired) electrons. The highest BCUT2D eigenvalue weighted by molar-refractivity contribution is 5.39. The predicted octanol–water partition coefficient (Wildman–Crippen LogP) is 2.82. The molecule has 1 unspecified atom stereocenters. The molecule has 16 heavy (non-hydrogen) atoms. The highest BCUT2D eigenvalue weighted by Crippen LogP contribution is 2.41. The lowest BCUT2D eigenvalue weighted by Crippen LogP contribution is -2.38. The Hall–Kier alpha value is -1.02. The Morgan fingerprint density at radius 2 is 2.00 bits per heavy atom. The van der Waals surface area contributed by atoms with Crippen LogP contribution in [-0.2, 0) is 0 Å². The Kier molecular flexibility index (Phi) is 2.40. The standard InChI is InChI=1S/C14H19NO/c15-14(7-3-4-8-14)9-11-10-16-13-6-2-1-5-12(11)13/h1-2,5-6,11H,3-4,7-10,15H2. The van der Waals surface area contributed by atoms with E-state index in [1.54, 1.807) is 0 Å². The summed E-state index contributed by atoms with van der Waals surface area (Å²) in [4.78, 5) is 0. The van der Waals surface area contributed by atoms with Crippen molar-refractivity contribution >= 4 is 0 Å². The minimum absolute atomic E-state index is 0.0749. The maximum Gasteiger partial charge on any atom is 0.122 e. The summed E-state index contributed by atoms with van der Waals surface area (Å²) in [6.45, 7) is 0.818. The van der Waals surface area contributed by atoms with Crippen molar-refractivity contribution in [3.63, 3.8) is 0 Å². The van der Waals surface area contributed by atoms with Crippen molar-refractivity contribution < 1.29 is 4.74 Å². The van der Waals surface area contributed by atoms with E-state index >= 15 is 0 Å². The average Bonchev–Trinajstić information content (AvgIpc) is 2.87. The van der Waals surface area contributed by atoms with Crippen molar-refractivity contribution in [2.45, 2.75) is 43.6 Å². The Morgan fingerprint density at radius 1 is 1.25 bits per heavy atom. The number of hydrogen-bond acceptors (Lipinski definition) is 2. The Labute approximate surface area is 96.8 Å². The van der Waals surface area contributed by atoms with Crippen molar-refractivity contribution in [3.8, 4) is 5.75 Å². The van der Waals surface area contributed by atoms with Gasteiger partial charge in [-0.25, -0.2) is 0 Å². The molecule has 2 N–H and O–H groups in total. The van der Waals surface area contributed by atoms with E-state index in [0.717, 1.165) is 18.8 Å². The zero-order chi connectivity index (χ0) is 11.0. The van der Waals surface area contributed by atoms with Crippen LogP contribution in [0.2, 0.25) is 0 Å². The van der Waals surface area contributed by atoms with E-state index in [4.69, 9.17) is 10.5 Å². The lowest BCUT2D eigenvalue weighted by Gasteiger charge is -2.26.